The van der Waals surface area contributed by atoms with E-state index in [9.17, 15) is 13.2 Å². The van der Waals surface area contributed by atoms with Crippen LogP contribution >= 0.6 is 23.4 Å². The van der Waals surface area contributed by atoms with Gasteiger partial charge >= 0.3 is 0 Å². The van der Waals surface area contributed by atoms with Crippen LogP contribution < -0.4 is 9.62 Å². The minimum atomic E-state index is -3.84. The highest BCUT2D eigenvalue weighted by Crippen LogP contribution is 2.29. The Balaban J connectivity index is 1.80. The predicted octanol–water partition coefficient (Wildman–Crippen LogP) is 2.81. The summed E-state index contributed by atoms with van der Waals surface area (Å²) < 4.78 is 29.1. The lowest BCUT2D eigenvalue weighted by molar-refractivity contribution is -0.113. The lowest BCUT2D eigenvalue weighted by atomic mass is 10.3. The van der Waals surface area contributed by atoms with Gasteiger partial charge in [0.05, 0.1) is 27.0 Å². The van der Waals surface area contributed by atoms with Crippen LogP contribution in [0.5, 0.6) is 0 Å². The lowest BCUT2D eigenvalue weighted by Crippen LogP contribution is -2.30. The van der Waals surface area contributed by atoms with Gasteiger partial charge in [0.2, 0.25) is 11.1 Å². The van der Waals surface area contributed by atoms with E-state index in [2.05, 4.69) is 20.8 Å². The van der Waals surface area contributed by atoms with Gasteiger partial charge < -0.3 is 5.32 Å². The van der Waals surface area contributed by atoms with Gasteiger partial charge in [-0.3, -0.25) is 9.10 Å². The van der Waals surface area contributed by atoms with Crippen LogP contribution in [0.1, 0.15) is 6.92 Å². The van der Waals surface area contributed by atoms with Crippen molar-refractivity contribution in [1.82, 2.24) is 20.2 Å². The summed E-state index contributed by atoms with van der Waals surface area (Å²) in [6, 6.07) is 13.0. The number of carbonyl (C=O) groups excluding carboxylic acids is 1. The van der Waals surface area contributed by atoms with Gasteiger partial charge in [0.15, 0.2) is 0 Å². The molecule has 9 nitrogen and oxygen atoms in total. The van der Waals surface area contributed by atoms with E-state index >= 15 is 0 Å². The lowest BCUT2D eigenvalue weighted by Gasteiger charge is -2.23. The van der Waals surface area contributed by atoms with Gasteiger partial charge in [0.1, 0.15) is 0 Å². The van der Waals surface area contributed by atoms with E-state index in [4.69, 9.17) is 11.6 Å². The molecule has 0 aliphatic rings. The SMILES string of the molecule is CCN(c1ccccc1)S(=O)(=O)c1ccc(Cl)c(NC(=O)CSc2nnnn2C)c1. The number of sulfonamides is 1. The van der Waals surface area contributed by atoms with Crippen LogP contribution in [0.15, 0.2) is 58.6 Å². The maximum atomic E-state index is 13.2. The topological polar surface area (TPSA) is 110 Å². The van der Waals surface area contributed by atoms with Crippen molar-refractivity contribution in [1.29, 1.82) is 0 Å². The van der Waals surface area contributed by atoms with Gasteiger partial charge in [-0.25, -0.2) is 13.1 Å². The molecular weight excluding hydrogens is 448 g/mol. The summed E-state index contributed by atoms with van der Waals surface area (Å²) >= 11 is 7.33. The van der Waals surface area contributed by atoms with Crippen molar-refractivity contribution in [2.45, 2.75) is 17.0 Å². The molecule has 0 radical (unpaired) electrons. The fraction of sp³-hybridized carbons (Fsp3) is 0.222. The Morgan fingerprint density at radius 1 is 1.23 bits per heavy atom. The van der Waals surface area contributed by atoms with Crippen LogP contribution in [0.2, 0.25) is 5.02 Å². The van der Waals surface area contributed by atoms with Crippen molar-refractivity contribution in [3.63, 3.8) is 0 Å². The molecule has 0 fully saturated rings. The van der Waals surface area contributed by atoms with Crippen LogP contribution in [0.3, 0.4) is 0 Å². The number of tetrazole rings is 1. The van der Waals surface area contributed by atoms with E-state index in [1.165, 1.54) is 27.2 Å². The first-order chi connectivity index (χ1) is 14.3. The minimum Gasteiger partial charge on any atom is -0.324 e. The van der Waals surface area contributed by atoms with Crippen LogP contribution in [-0.4, -0.2) is 46.8 Å². The number of para-hydroxylation sites is 1. The molecule has 1 aromatic heterocycles. The molecule has 2 aromatic carbocycles. The van der Waals surface area contributed by atoms with Crippen molar-refractivity contribution >= 4 is 50.7 Å². The van der Waals surface area contributed by atoms with Crippen LogP contribution in [0, 0.1) is 0 Å². The number of hydrogen-bond acceptors (Lipinski definition) is 7. The quantitative estimate of drug-likeness (QED) is 0.508. The minimum absolute atomic E-state index is 0.0260. The monoisotopic (exact) mass is 466 g/mol. The van der Waals surface area contributed by atoms with Crippen molar-refractivity contribution in [3.05, 3.63) is 53.6 Å². The van der Waals surface area contributed by atoms with E-state index in [0.717, 1.165) is 11.8 Å². The van der Waals surface area contributed by atoms with E-state index in [1.807, 2.05) is 6.07 Å². The van der Waals surface area contributed by atoms with Crippen molar-refractivity contribution in [2.75, 3.05) is 21.9 Å². The van der Waals surface area contributed by atoms with E-state index in [1.54, 1.807) is 38.2 Å². The van der Waals surface area contributed by atoms with Gasteiger partial charge in [0, 0.05) is 13.6 Å². The number of nitrogens with zero attached hydrogens (tertiary/aromatic N) is 5. The number of benzene rings is 2. The fourth-order valence-electron chi connectivity index (χ4n) is 2.63. The van der Waals surface area contributed by atoms with Crippen molar-refractivity contribution in [3.8, 4) is 0 Å². The number of aromatic nitrogens is 4. The molecular formula is C18H19ClN6O3S2. The maximum absolute atomic E-state index is 13.2. The number of halogens is 1. The summed E-state index contributed by atoms with van der Waals surface area (Å²) in [5.74, 6) is -0.332. The third-order valence-electron chi connectivity index (χ3n) is 4.04. The van der Waals surface area contributed by atoms with Crippen LogP contribution in [-0.2, 0) is 21.9 Å². The molecule has 0 aliphatic heterocycles. The smallest absolute Gasteiger partial charge is 0.264 e. The second-order valence-electron chi connectivity index (χ2n) is 6.07. The first-order valence-corrected chi connectivity index (χ1v) is 11.7. The summed E-state index contributed by atoms with van der Waals surface area (Å²) in [6.45, 7) is 2.00. The molecule has 3 aromatic rings. The predicted molar refractivity (Wildman–Crippen MR) is 116 cm³/mol. The molecule has 12 heteroatoms. The number of amides is 1. The third kappa shape index (κ3) is 4.91. The molecule has 0 unspecified atom stereocenters. The maximum Gasteiger partial charge on any atom is 0.264 e. The van der Waals surface area contributed by atoms with Gasteiger partial charge in [0.25, 0.3) is 10.0 Å². The number of anilines is 2. The zero-order valence-corrected chi connectivity index (χ0v) is 18.6. The Morgan fingerprint density at radius 2 is 1.97 bits per heavy atom. The molecule has 1 heterocycles. The highest BCUT2D eigenvalue weighted by atomic mass is 35.5. The Kier molecular flexibility index (Phi) is 6.95. The first-order valence-electron chi connectivity index (χ1n) is 8.85. The molecule has 0 bridgehead atoms. The molecule has 0 spiro atoms. The molecule has 1 N–H and O–H groups in total. The molecule has 0 aliphatic carbocycles. The van der Waals surface area contributed by atoms with Gasteiger partial charge in [-0.1, -0.05) is 41.6 Å². The molecule has 1 amide bonds. The highest BCUT2D eigenvalue weighted by Gasteiger charge is 2.24. The Hall–Kier alpha value is -2.63. The number of rotatable bonds is 8. The number of nitrogens with one attached hydrogen (secondary N) is 1. The average molecular weight is 467 g/mol. The van der Waals surface area contributed by atoms with E-state index < -0.39 is 10.0 Å². The zero-order chi connectivity index (χ0) is 21.7. The molecule has 0 saturated heterocycles. The summed E-state index contributed by atoms with van der Waals surface area (Å²) in [4.78, 5) is 12.3. The summed E-state index contributed by atoms with van der Waals surface area (Å²) in [5, 5.41) is 14.3. The van der Waals surface area contributed by atoms with Crippen LogP contribution in [0.4, 0.5) is 11.4 Å². The van der Waals surface area contributed by atoms with E-state index in [-0.39, 0.29) is 33.8 Å². The number of thioether (sulfide) groups is 1. The molecule has 158 valence electrons. The second-order valence-corrected chi connectivity index (χ2v) is 9.28. The highest BCUT2D eigenvalue weighted by molar-refractivity contribution is 7.99. The number of carbonyl (C=O) groups is 1. The molecule has 0 atom stereocenters. The third-order valence-corrected chi connectivity index (χ3v) is 7.28. The van der Waals surface area contributed by atoms with Crippen molar-refractivity contribution in [2.24, 2.45) is 7.05 Å². The number of hydrogen-bond donors (Lipinski definition) is 1. The van der Waals surface area contributed by atoms with E-state index in [0.29, 0.717) is 10.8 Å². The Labute approximate surface area is 183 Å². The Morgan fingerprint density at radius 3 is 2.60 bits per heavy atom. The van der Waals surface area contributed by atoms with Gasteiger partial charge in [-0.05, 0) is 47.7 Å². The van der Waals surface area contributed by atoms with Gasteiger partial charge in [-0.2, -0.15) is 0 Å². The van der Waals surface area contributed by atoms with Crippen LogP contribution in [0.25, 0.3) is 0 Å². The first kappa shape index (κ1) is 22.1. The zero-order valence-electron chi connectivity index (χ0n) is 16.2. The largest absolute Gasteiger partial charge is 0.324 e. The summed E-state index contributed by atoms with van der Waals surface area (Å²) in [5.41, 5.74) is 0.762. The fourth-order valence-corrected chi connectivity index (χ4v) is 4.95. The molecule has 0 saturated carbocycles. The molecule has 3 rings (SSSR count). The normalized spacial score (nSPS) is 11.3. The van der Waals surface area contributed by atoms with Crippen molar-refractivity contribution < 1.29 is 13.2 Å². The summed E-state index contributed by atoms with van der Waals surface area (Å²) in [7, 11) is -2.18. The standard InChI is InChI=1S/C18H19ClN6O3S2/c1-3-25(13-7-5-4-6-8-13)30(27,28)14-9-10-15(19)16(11-14)20-17(26)12-29-18-21-22-23-24(18)2/h4-11H,3,12H2,1-2H3,(H,20,26). The average Bonchev–Trinajstić information content (AvgIpc) is 3.14. The number of aryl methyl sites for hydroxylation is 1. The second kappa shape index (κ2) is 9.45. The molecule has 30 heavy (non-hydrogen) atoms. The van der Waals surface area contributed by atoms with Gasteiger partial charge in [-0.15, -0.1) is 5.10 Å². The Bertz CT molecular complexity index is 1140. The summed E-state index contributed by atoms with van der Waals surface area (Å²) in [6.07, 6.45) is 0.